The van der Waals surface area contributed by atoms with Crippen molar-refractivity contribution in [2.75, 3.05) is 4.90 Å². The van der Waals surface area contributed by atoms with Crippen LogP contribution in [0.4, 0.5) is 18.9 Å². The van der Waals surface area contributed by atoms with Crippen molar-refractivity contribution in [3.8, 4) is 22.8 Å². The number of hydrogen-bond donors (Lipinski definition) is 0. The number of hydrogen-bond acceptors (Lipinski definition) is 7. The summed E-state index contributed by atoms with van der Waals surface area (Å²) in [6, 6.07) is 20.5. The van der Waals surface area contributed by atoms with Gasteiger partial charge in [0.25, 0.3) is 0 Å². The summed E-state index contributed by atoms with van der Waals surface area (Å²) in [5, 5.41) is 13.3. The summed E-state index contributed by atoms with van der Waals surface area (Å²) in [6.07, 6.45) is 0.161. The van der Waals surface area contributed by atoms with E-state index in [0.717, 1.165) is 35.2 Å². The molecule has 0 aliphatic carbocycles. The second kappa shape index (κ2) is 12.0. The third kappa shape index (κ3) is 6.65. The average Bonchev–Trinajstić information content (AvgIpc) is 3.54. The van der Waals surface area contributed by atoms with Crippen LogP contribution < -0.4 is 9.64 Å². The van der Waals surface area contributed by atoms with Crippen molar-refractivity contribution in [1.82, 2.24) is 14.8 Å². The monoisotopic (exact) mass is 578 g/mol. The molecule has 4 aromatic rings. The largest absolute Gasteiger partial charge is 0.573 e. The van der Waals surface area contributed by atoms with E-state index in [1.807, 2.05) is 55.5 Å². The van der Waals surface area contributed by atoms with Crippen molar-refractivity contribution < 1.29 is 22.7 Å². The maximum Gasteiger partial charge on any atom is 0.573 e. The molecule has 0 radical (unpaired) electrons. The first-order valence-corrected chi connectivity index (χ1v) is 13.7. The number of rotatable bonds is 8. The first kappa shape index (κ1) is 28.1. The Kier molecular flexibility index (Phi) is 8.20. The molecule has 1 aromatic heterocycles. The maximum atomic E-state index is 12.9. The number of alkyl halides is 3. The van der Waals surface area contributed by atoms with Gasteiger partial charge in [0.05, 0.1) is 22.8 Å². The highest BCUT2D eigenvalue weighted by molar-refractivity contribution is 8.16. The second-order valence-electron chi connectivity index (χ2n) is 9.12. The fourth-order valence-corrected chi connectivity index (χ4v) is 5.13. The van der Waals surface area contributed by atoms with Crippen LogP contribution in [0.3, 0.4) is 0 Å². The van der Waals surface area contributed by atoms with Crippen LogP contribution in [0, 0.1) is 0 Å². The summed E-state index contributed by atoms with van der Waals surface area (Å²) >= 11 is 1.38. The van der Waals surface area contributed by atoms with Crippen LogP contribution in [-0.2, 0) is 11.2 Å². The molecule has 1 saturated heterocycles. The lowest BCUT2D eigenvalue weighted by Crippen LogP contribution is -2.32. The van der Waals surface area contributed by atoms with Crippen LogP contribution in [0.2, 0.25) is 0 Å². The third-order valence-corrected chi connectivity index (χ3v) is 7.17. The minimum atomic E-state index is -4.75. The molecule has 8 nitrogen and oxygen atoms in total. The van der Waals surface area contributed by atoms with E-state index >= 15 is 0 Å². The van der Waals surface area contributed by atoms with Gasteiger partial charge in [-0.05, 0) is 54.8 Å². The second-order valence-corrected chi connectivity index (χ2v) is 10.4. The summed E-state index contributed by atoms with van der Waals surface area (Å²) in [5.41, 5.74) is 4.00. The van der Waals surface area contributed by atoms with Crippen LogP contribution in [0.1, 0.15) is 31.4 Å². The van der Waals surface area contributed by atoms with Gasteiger partial charge >= 0.3 is 6.36 Å². The molecule has 1 fully saturated rings. The Labute approximate surface area is 238 Å². The number of anilines is 1. The molecule has 2 heterocycles. The zero-order valence-electron chi connectivity index (χ0n) is 22.1. The highest BCUT2D eigenvalue weighted by atomic mass is 32.2. The molecule has 1 aliphatic heterocycles. The predicted molar refractivity (Wildman–Crippen MR) is 153 cm³/mol. The Balaban J connectivity index is 1.28. The molecule has 1 aliphatic rings. The maximum absolute atomic E-state index is 12.9. The first-order valence-electron chi connectivity index (χ1n) is 12.8. The van der Waals surface area contributed by atoms with Gasteiger partial charge in [-0.25, -0.2) is 9.67 Å². The zero-order valence-corrected chi connectivity index (χ0v) is 22.9. The number of amidine groups is 1. The summed E-state index contributed by atoms with van der Waals surface area (Å²) in [5.74, 6) is 0.112. The van der Waals surface area contributed by atoms with E-state index in [1.165, 1.54) is 47.0 Å². The molecular formula is C29H25F3N6O2S. The molecule has 1 atom stereocenters. The normalized spacial score (nSPS) is 16.7. The van der Waals surface area contributed by atoms with Crippen LogP contribution in [0.5, 0.6) is 5.75 Å². The van der Waals surface area contributed by atoms with Crippen LogP contribution in [0.25, 0.3) is 17.1 Å². The van der Waals surface area contributed by atoms with Crippen molar-refractivity contribution in [3.63, 3.8) is 0 Å². The van der Waals surface area contributed by atoms with E-state index in [-0.39, 0.29) is 16.9 Å². The molecule has 12 heteroatoms. The van der Waals surface area contributed by atoms with Gasteiger partial charge in [-0.1, -0.05) is 67.6 Å². The number of thioether (sulfide) groups is 1. The number of amides is 1. The zero-order chi connectivity index (χ0) is 29.0. The Bertz CT molecular complexity index is 1580. The molecule has 0 bridgehead atoms. The fraction of sp³-hybridized carbons (Fsp3) is 0.207. The number of carbonyl (C=O) groups excluding carboxylic acids is 1. The number of ether oxygens (including phenoxy) is 1. The van der Waals surface area contributed by atoms with Gasteiger partial charge in [0.1, 0.15) is 12.1 Å². The summed E-state index contributed by atoms with van der Waals surface area (Å²) in [6.45, 7) is 3.96. The number of carbonyl (C=O) groups is 1. The lowest BCUT2D eigenvalue weighted by molar-refractivity contribution is -0.274. The molecule has 210 valence electrons. The lowest BCUT2D eigenvalue weighted by Gasteiger charge is -2.19. The third-order valence-electron chi connectivity index (χ3n) is 6.14. The molecule has 1 unspecified atom stereocenters. The van der Waals surface area contributed by atoms with E-state index < -0.39 is 6.36 Å². The minimum absolute atomic E-state index is 0.0191. The number of aryl methyl sites for hydroxylation is 1. The molecule has 0 N–H and O–H groups in total. The summed E-state index contributed by atoms with van der Waals surface area (Å²) in [7, 11) is 0. The lowest BCUT2D eigenvalue weighted by atomic mass is 10.1. The van der Waals surface area contributed by atoms with Gasteiger partial charge in [0.2, 0.25) is 5.91 Å². The van der Waals surface area contributed by atoms with Crippen LogP contribution in [-0.4, -0.2) is 43.7 Å². The Morgan fingerprint density at radius 2 is 1.78 bits per heavy atom. The standard InChI is InChI=1S/C29H25F3N6O2S/c1-3-6-21-7-4-5-8-25(21)38-27(39)19(2)41-28(38)35-34-17-20-9-11-22(12-10-20)26-33-18-37(36-26)23-13-15-24(16-14-23)40-29(30,31)32/h4-5,7-19H,3,6H2,1-2H3. The Hall–Kier alpha value is -4.45. The van der Waals surface area contributed by atoms with E-state index in [4.69, 9.17) is 0 Å². The van der Waals surface area contributed by atoms with Crippen LogP contribution >= 0.6 is 11.8 Å². The smallest absolute Gasteiger partial charge is 0.406 e. The van der Waals surface area contributed by atoms with Crippen molar-refractivity contribution in [2.45, 2.75) is 38.3 Å². The number of benzene rings is 3. The molecule has 0 spiro atoms. The number of halogens is 3. The molecule has 41 heavy (non-hydrogen) atoms. The molecular weight excluding hydrogens is 553 g/mol. The Morgan fingerprint density at radius 3 is 2.49 bits per heavy atom. The van der Waals surface area contributed by atoms with E-state index in [9.17, 15) is 18.0 Å². The molecule has 1 amide bonds. The Morgan fingerprint density at radius 1 is 1.05 bits per heavy atom. The number of para-hydroxylation sites is 1. The SMILES string of the molecule is CCCc1ccccc1N1C(=O)C(C)SC1=NN=Cc1ccc(-c2ncn(-c3ccc(OC(F)(F)F)cc3)n2)cc1. The van der Waals surface area contributed by atoms with E-state index in [2.05, 4.69) is 31.9 Å². The molecule has 5 rings (SSSR count). The van der Waals surface area contributed by atoms with Crippen molar-refractivity contribution in [3.05, 3.63) is 90.3 Å². The van der Waals surface area contributed by atoms with Gasteiger partial charge in [-0.3, -0.25) is 9.69 Å². The summed E-state index contributed by atoms with van der Waals surface area (Å²) in [4.78, 5) is 18.9. The van der Waals surface area contributed by atoms with Gasteiger partial charge in [0, 0.05) is 5.56 Å². The molecule has 3 aromatic carbocycles. The first-order chi connectivity index (χ1) is 19.7. The number of nitrogens with zero attached hydrogens (tertiary/aromatic N) is 6. The van der Waals surface area contributed by atoms with Gasteiger partial charge in [-0.2, -0.15) is 5.10 Å². The molecule has 0 saturated carbocycles. The van der Waals surface area contributed by atoms with Gasteiger partial charge in [-0.15, -0.1) is 23.4 Å². The van der Waals surface area contributed by atoms with Gasteiger partial charge in [0.15, 0.2) is 11.0 Å². The summed E-state index contributed by atoms with van der Waals surface area (Å²) < 4.78 is 42.5. The average molecular weight is 579 g/mol. The predicted octanol–water partition coefficient (Wildman–Crippen LogP) is 6.64. The topological polar surface area (TPSA) is 85.0 Å². The van der Waals surface area contributed by atoms with E-state index in [1.54, 1.807) is 11.1 Å². The fourth-order valence-electron chi connectivity index (χ4n) is 4.22. The van der Waals surface area contributed by atoms with Crippen molar-refractivity contribution >= 4 is 34.7 Å². The number of aromatic nitrogens is 3. The van der Waals surface area contributed by atoms with Crippen molar-refractivity contribution in [2.24, 2.45) is 10.2 Å². The van der Waals surface area contributed by atoms with Gasteiger partial charge < -0.3 is 4.74 Å². The quantitative estimate of drug-likeness (QED) is 0.173. The highest BCUT2D eigenvalue weighted by Gasteiger charge is 2.37. The van der Waals surface area contributed by atoms with E-state index in [0.29, 0.717) is 16.7 Å². The minimum Gasteiger partial charge on any atom is -0.406 e. The van der Waals surface area contributed by atoms with Crippen molar-refractivity contribution in [1.29, 1.82) is 0 Å². The van der Waals surface area contributed by atoms with Crippen LogP contribution in [0.15, 0.2) is 89.3 Å². The highest BCUT2D eigenvalue weighted by Crippen LogP contribution is 2.34.